The topological polar surface area (TPSA) is 94.4 Å². The molecule has 0 aliphatic heterocycles. The molecule has 1 aromatic carbocycles. The van der Waals surface area contributed by atoms with E-state index in [4.69, 9.17) is 15.0 Å². The van der Waals surface area contributed by atoms with Crippen LogP contribution in [0.4, 0.5) is 0 Å². The van der Waals surface area contributed by atoms with E-state index in [2.05, 4.69) is 10.1 Å². The first-order valence-electron chi connectivity index (χ1n) is 5.18. The minimum absolute atomic E-state index is 0.0428. The van der Waals surface area contributed by atoms with Crippen molar-refractivity contribution in [2.75, 3.05) is 6.54 Å². The van der Waals surface area contributed by atoms with Gasteiger partial charge in [0.15, 0.2) is 6.61 Å². The lowest BCUT2D eigenvalue weighted by molar-refractivity contribution is 0.141. The lowest BCUT2D eigenvalue weighted by Crippen LogP contribution is -2.11. The van der Waals surface area contributed by atoms with Gasteiger partial charge in [-0.15, -0.1) is 0 Å². The van der Waals surface area contributed by atoms with Crippen molar-refractivity contribution in [3.05, 3.63) is 42.0 Å². The molecule has 2 rings (SSSR count). The quantitative estimate of drug-likeness (QED) is 0.789. The summed E-state index contributed by atoms with van der Waals surface area (Å²) in [6.07, 6.45) is -0.923. The van der Waals surface area contributed by atoms with Gasteiger partial charge in [-0.05, 0) is 12.1 Å². The summed E-state index contributed by atoms with van der Waals surface area (Å²) in [6, 6.07) is 9.30. The van der Waals surface area contributed by atoms with Gasteiger partial charge in [0.25, 0.3) is 5.89 Å². The number of ether oxygens (including phenoxy) is 1. The Morgan fingerprint density at radius 3 is 2.82 bits per heavy atom. The molecular formula is C11H13N3O3. The number of para-hydroxylation sites is 1. The van der Waals surface area contributed by atoms with E-state index in [0.717, 1.165) is 5.75 Å². The maximum absolute atomic E-state index is 9.37. The number of nitrogens with zero attached hydrogens (tertiary/aromatic N) is 2. The van der Waals surface area contributed by atoms with Crippen LogP contribution in [-0.2, 0) is 6.61 Å². The van der Waals surface area contributed by atoms with Gasteiger partial charge < -0.3 is 20.1 Å². The third-order valence-corrected chi connectivity index (χ3v) is 2.10. The largest absolute Gasteiger partial charge is 0.485 e. The van der Waals surface area contributed by atoms with Crippen LogP contribution in [0.15, 0.2) is 34.9 Å². The molecule has 0 bridgehead atoms. The van der Waals surface area contributed by atoms with Crippen molar-refractivity contribution in [1.29, 1.82) is 0 Å². The van der Waals surface area contributed by atoms with E-state index in [9.17, 15) is 5.11 Å². The maximum Gasteiger partial charge on any atom is 0.256 e. The second-order valence-corrected chi connectivity index (χ2v) is 3.40. The molecule has 1 heterocycles. The molecule has 2 aromatic rings. The highest BCUT2D eigenvalue weighted by Crippen LogP contribution is 2.12. The highest BCUT2D eigenvalue weighted by atomic mass is 16.5. The van der Waals surface area contributed by atoms with Gasteiger partial charge in [0.05, 0.1) is 0 Å². The van der Waals surface area contributed by atoms with E-state index in [0.29, 0.717) is 5.82 Å². The molecule has 90 valence electrons. The smallest absolute Gasteiger partial charge is 0.256 e. The van der Waals surface area contributed by atoms with Crippen molar-refractivity contribution in [2.45, 2.75) is 12.7 Å². The van der Waals surface area contributed by atoms with E-state index in [1.807, 2.05) is 30.3 Å². The van der Waals surface area contributed by atoms with Gasteiger partial charge in [-0.2, -0.15) is 4.98 Å². The fourth-order valence-corrected chi connectivity index (χ4v) is 1.23. The Morgan fingerprint density at radius 1 is 1.35 bits per heavy atom. The van der Waals surface area contributed by atoms with Crippen molar-refractivity contribution < 1.29 is 14.4 Å². The Kier molecular flexibility index (Phi) is 3.69. The average molecular weight is 235 g/mol. The number of rotatable bonds is 5. The summed E-state index contributed by atoms with van der Waals surface area (Å²) in [5.74, 6) is 1.20. The van der Waals surface area contributed by atoms with E-state index < -0.39 is 6.10 Å². The molecule has 0 aliphatic carbocycles. The zero-order valence-corrected chi connectivity index (χ0v) is 9.11. The Balaban J connectivity index is 1.94. The molecule has 0 fully saturated rings. The summed E-state index contributed by atoms with van der Waals surface area (Å²) < 4.78 is 10.3. The first kappa shape index (κ1) is 11.6. The lowest BCUT2D eigenvalue weighted by atomic mass is 10.3. The van der Waals surface area contributed by atoms with E-state index in [1.165, 1.54) is 0 Å². The third-order valence-electron chi connectivity index (χ3n) is 2.10. The van der Waals surface area contributed by atoms with Crippen LogP contribution in [0.3, 0.4) is 0 Å². The number of nitrogens with two attached hydrogens (primary N) is 1. The second kappa shape index (κ2) is 5.42. The van der Waals surface area contributed by atoms with E-state index >= 15 is 0 Å². The molecule has 6 heteroatoms. The van der Waals surface area contributed by atoms with Crippen LogP contribution in [0, 0.1) is 0 Å². The number of benzene rings is 1. The third kappa shape index (κ3) is 3.02. The highest BCUT2D eigenvalue weighted by molar-refractivity contribution is 5.20. The summed E-state index contributed by atoms with van der Waals surface area (Å²) >= 11 is 0. The second-order valence-electron chi connectivity index (χ2n) is 3.40. The molecule has 1 atom stereocenters. The van der Waals surface area contributed by atoms with Gasteiger partial charge in [0, 0.05) is 6.54 Å². The number of hydrogen-bond acceptors (Lipinski definition) is 6. The van der Waals surface area contributed by atoms with Crippen LogP contribution < -0.4 is 10.5 Å². The van der Waals surface area contributed by atoms with Gasteiger partial charge in [0.2, 0.25) is 5.82 Å². The van der Waals surface area contributed by atoms with Crippen LogP contribution in [0.5, 0.6) is 5.75 Å². The Morgan fingerprint density at radius 2 is 2.12 bits per heavy atom. The Labute approximate surface area is 98.0 Å². The molecule has 0 amide bonds. The molecule has 17 heavy (non-hydrogen) atoms. The number of aromatic nitrogens is 2. The van der Waals surface area contributed by atoms with Crippen LogP contribution in [0.1, 0.15) is 17.8 Å². The van der Waals surface area contributed by atoms with E-state index in [1.54, 1.807) is 0 Å². The molecular weight excluding hydrogens is 222 g/mol. The highest BCUT2D eigenvalue weighted by Gasteiger charge is 2.14. The van der Waals surface area contributed by atoms with Gasteiger partial charge in [0.1, 0.15) is 11.9 Å². The fourth-order valence-electron chi connectivity index (χ4n) is 1.23. The van der Waals surface area contributed by atoms with Gasteiger partial charge >= 0.3 is 0 Å². The standard InChI is InChI=1S/C11H13N3O3/c12-6-9(15)11-13-10(14-17-11)7-16-8-4-2-1-3-5-8/h1-5,9,15H,6-7,12H2/t9-/m0/s1. The molecule has 3 N–H and O–H groups in total. The predicted octanol–water partition coefficient (Wildman–Crippen LogP) is 0.641. The van der Waals surface area contributed by atoms with Crippen LogP contribution in [0.25, 0.3) is 0 Å². The number of hydrogen-bond donors (Lipinski definition) is 2. The summed E-state index contributed by atoms with van der Waals surface area (Å²) in [7, 11) is 0. The molecule has 0 saturated heterocycles. The molecule has 0 aliphatic rings. The summed E-state index contributed by atoms with van der Waals surface area (Å²) in [6.45, 7) is 0.228. The van der Waals surface area contributed by atoms with Crippen molar-refractivity contribution in [3.8, 4) is 5.75 Å². The normalized spacial score (nSPS) is 12.4. The minimum atomic E-state index is -0.923. The SMILES string of the molecule is NC[C@H](O)c1nc(COc2ccccc2)no1. The van der Waals surface area contributed by atoms with Crippen molar-refractivity contribution in [3.63, 3.8) is 0 Å². The van der Waals surface area contributed by atoms with Crippen molar-refractivity contribution >= 4 is 0 Å². The van der Waals surface area contributed by atoms with Crippen LogP contribution in [0.2, 0.25) is 0 Å². The van der Waals surface area contributed by atoms with Crippen LogP contribution >= 0.6 is 0 Å². The van der Waals surface area contributed by atoms with Crippen LogP contribution in [-0.4, -0.2) is 21.8 Å². The summed E-state index contributed by atoms with van der Waals surface area (Å²) in [4.78, 5) is 3.96. The van der Waals surface area contributed by atoms with Gasteiger partial charge in [-0.25, -0.2) is 0 Å². The zero-order valence-electron chi connectivity index (χ0n) is 9.11. The average Bonchev–Trinajstić information content (AvgIpc) is 2.85. The molecule has 0 unspecified atom stereocenters. The molecule has 0 saturated carbocycles. The molecule has 0 spiro atoms. The summed E-state index contributed by atoms with van der Waals surface area (Å²) in [5, 5.41) is 13.0. The predicted molar refractivity (Wildman–Crippen MR) is 59.1 cm³/mol. The van der Waals surface area contributed by atoms with Crippen molar-refractivity contribution in [2.24, 2.45) is 5.73 Å². The molecule has 6 nitrogen and oxygen atoms in total. The first-order valence-corrected chi connectivity index (χ1v) is 5.18. The monoisotopic (exact) mass is 235 g/mol. The molecule has 0 radical (unpaired) electrons. The number of aliphatic hydroxyl groups is 1. The Hall–Kier alpha value is -1.92. The zero-order chi connectivity index (χ0) is 12.1. The van der Waals surface area contributed by atoms with Gasteiger partial charge in [-0.3, -0.25) is 0 Å². The molecule has 1 aromatic heterocycles. The maximum atomic E-state index is 9.37. The first-order chi connectivity index (χ1) is 8.29. The lowest BCUT2D eigenvalue weighted by Gasteiger charge is -2.01. The summed E-state index contributed by atoms with van der Waals surface area (Å²) in [5.41, 5.74) is 5.27. The van der Waals surface area contributed by atoms with Crippen molar-refractivity contribution in [1.82, 2.24) is 10.1 Å². The Bertz CT molecular complexity index is 458. The van der Waals surface area contributed by atoms with Gasteiger partial charge in [-0.1, -0.05) is 23.4 Å². The number of aliphatic hydroxyl groups excluding tert-OH is 1. The minimum Gasteiger partial charge on any atom is -0.485 e. The fraction of sp³-hybridized carbons (Fsp3) is 0.273. The van der Waals surface area contributed by atoms with E-state index in [-0.39, 0.29) is 19.0 Å².